The number of sulfonamides is 1. The summed E-state index contributed by atoms with van der Waals surface area (Å²) in [5, 5.41) is 8.91. The summed E-state index contributed by atoms with van der Waals surface area (Å²) in [4.78, 5) is -0.422. The van der Waals surface area contributed by atoms with Gasteiger partial charge in [0.1, 0.15) is 22.3 Å². The van der Waals surface area contributed by atoms with E-state index in [1.165, 1.54) is 24.3 Å². The molecule has 0 aromatic heterocycles. The minimum atomic E-state index is -4.10. The molecule has 0 amide bonds. The van der Waals surface area contributed by atoms with Gasteiger partial charge in [-0.3, -0.25) is 4.72 Å². The smallest absolute Gasteiger partial charge is 0.263 e. The van der Waals surface area contributed by atoms with Crippen molar-refractivity contribution in [3.8, 4) is 6.07 Å². The molecular formula is C13H9BrFN3O2S. The van der Waals surface area contributed by atoms with E-state index in [4.69, 9.17) is 11.0 Å². The highest BCUT2D eigenvalue weighted by atomic mass is 79.9. The molecule has 2 aromatic rings. The highest BCUT2D eigenvalue weighted by molar-refractivity contribution is 9.10. The zero-order valence-corrected chi connectivity index (χ0v) is 12.9. The molecule has 0 bridgehead atoms. The lowest BCUT2D eigenvalue weighted by molar-refractivity contribution is 0.593. The largest absolute Gasteiger partial charge is 0.399 e. The predicted octanol–water partition coefficient (Wildman–Crippen LogP) is 2.84. The van der Waals surface area contributed by atoms with Crippen molar-refractivity contribution in [1.29, 1.82) is 5.26 Å². The number of benzene rings is 2. The highest BCUT2D eigenvalue weighted by Gasteiger charge is 2.22. The Hall–Kier alpha value is -2.11. The van der Waals surface area contributed by atoms with Crippen molar-refractivity contribution in [2.75, 3.05) is 10.5 Å². The number of rotatable bonds is 3. The molecule has 2 aromatic carbocycles. The van der Waals surface area contributed by atoms with Gasteiger partial charge in [-0.05, 0) is 46.3 Å². The maximum absolute atomic E-state index is 13.5. The number of nitrogens with two attached hydrogens (primary N) is 1. The van der Waals surface area contributed by atoms with Gasteiger partial charge in [0.05, 0.1) is 5.69 Å². The quantitative estimate of drug-likeness (QED) is 0.812. The maximum Gasteiger partial charge on any atom is 0.263 e. The molecule has 5 nitrogen and oxygen atoms in total. The summed E-state index contributed by atoms with van der Waals surface area (Å²) in [7, 11) is -4.10. The molecule has 0 aliphatic carbocycles. The van der Waals surface area contributed by atoms with Gasteiger partial charge in [0.2, 0.25) is 0 Å². The minimum Gasteiger partial charge on any atom is -0.399 e. The predicted molar refractivity (Wildman–Crippen MR) is 80.5 cm³/mol. The highest BCUT2D eigenvalue weighted by Crippen LogP contribution is 2.28. The molecule has 0 radical (unpaired) electrons. The first-order chi connectivity index (χ1) is 9.85. The Kier molecular flexibility index (Phi) is 4.16. The van der Waals surface area contributed by atoms with Crippen LogP contribution in [0.3, 0.4) is 0 Å². The molecule has 0 heterocycles. The van der Waals surface area contributed by atoms with Gasteiger partial charge >= 0.3 is 0 Å². The van der Waals surface area contributed by atoms with E-state index in [9.17, 15) is 12.8 Å². The molecule has 21 heavy (non-hydrogen) atoms. The Morgan fingerprint density at radius 3 is 2.62 bits per heavy atom. The molecule has 0 fully saturated rings. The van der Waals surface area contributed by atoms with E-state index in [0.29, 0.717) is 10.2 Å². The van der Waals surface area contributed by atoms with Gasteiger partial charge in [-0.2, -0.15) is 5.26 Å². The molecule has 0 saturated heterocycles. The van der Waals surface area contributed by atoms with E-state index in [1.54, 1.807) is 6.07 Å². The Morgan fingerprint density at radius 1 is 1.29 bits per heavy atom. The van der Waals surface area contributed by atoms with Crippen molar-refractivity contribution in [1.82, 2.24) is 0 Å². The number of nitrogens with zero attached hydrogens (tertiary/aromatic N) is 1. The zero-order chi connectivity index (χ0) is 15.6. The number of hydrogen-bond donors (Lipinski definition) is 2. The second kappa shape index (κ2) is 5.71. The van der Waals surface area contributed by atoms with E-state index >= 15 is 0 Å². The zero-order valence-electron chi connectivity index (χ0n) is 10.5. The van der Waals surface area contributed by atoms with Crippen molar-refractivity contribution in [2.24, 2.45) is 0 Å². The van der Waals surface area contributed by atoms with Crippen molar-refractivity contribution in [3.05, 3.63) is 52.3 Å². The van der Waals surface area contributed by atoms with Crippen LogP contribution in [0.15, 0.2) is 45.8 Å². The Bertz CT molecular complexity index is 847. The number of nitriles is 1. The van der Waals surface area contributed by atoms with Crippen LogP contribution in [-0.2, 0) is 10.0 Å². The van der Waals surface area contributed by atoms with Crippen LogP contribution in [0.2, 0.25) is 0 Å². The maximum atomic E-state index is 13.5. The summed E-state index contributed by atoms with van der Waals surface area (Å²) in [6.07, 6.45) is 0. The summed E-state index contributed by atoms with van der Waals surface area (Å²) < 4.78 is 40.8. The van der Waals surface area contributed by atoms with Gasteiger partial charge in [0, 0.05) is 10.2 Å². The van der Waals surface area contributed by atoms with Crippen LogP contribution in [-0.4, -0.2) is 8.42 Å². The average Bonchev–Trinajstić information content (AvgIpc) is 2.41. The Morgan fingerprint density at radius 2 is 2.00 bits per heavy atom. The SMILES string of the molecule is N#Cc1c(F)cccc1S(=O)(=O)Nc1ccc(N)cc1Br. The molecule has 2 rings (SSSR count). The molecule has 0 unspecified atom stereocenters. The topological polar surface area (TPSA) is 96.0 Å². The fraction of sp³-hybridized carbons (Fsp3) is 0. The number of hydrogen-bond acceptors (Lipinski definition) is 4. The third kappa shape index (κ3) is 3.15. The third-order valence-corrected chi connectivity index (χ3v) is 4.68. The Labute approximate surface area is 129 Å². The molecule has 108 valence electrons. The first-order valence-electron chi connectivity index (χ1n) is 5.61. The van der Waals surface area contributed by atoms with Crippen molar-refractivity contribution >= 4 is 37.3 Å². The lowest BCUT2D eigenvalue weighted by Crippen LogP contribution is -2.15. The monoisotopic (exact) mass is 369 g/mol. The van der Waals surface area contributed by atoms with Crippen LogP contribution >= 0.6 is 15.9 Å². The summed E-state index contributed by atoms with van der Waals surface area (Å²) in [6.45, 7) is 0. The van der Waals surface area contributed by atoms with Crippen LogP contribution < -0.4 is 10.5 Å². The fourth-order valence-electron chi connectivity index (χ4n) is 1.65. The molecule has 0 saturated carbocycles. The second-order valence-corrected chi connectivity index (χ2v) is 6.57. The summed E-state index contributed by atoms with van der Waals surface area (Å²) >= 11 is 3.18. The molecule has 0 aliphatic heterocycles. The van der Waals surface area contributed by atoms with Gasteiger partial charge < -0.3 is 5.73 Å². The lowest BCUT2D eigenvalue weighted by Gasteiger charge is -2.11. The van der Waals surface area contributed by atoms with E-state index < -0.39 is 26.3 Å². The third-order valence-electron chi connectivity index (χ3n) is 2.61. The normalized spacial score (nSPS) is 10.9. The van der Waals surface area contributed by atoms with Crippen molar-refractivity contribution in [3.63, 3.8) is 0 Å². The molecule has 3 N–H and O–H groups in total. The van der Waals surface area contributed by atoms with Crippen LogP contribution in [0, 0.1) is 17.1 Å². The average molecular weight is 370 g/mol. The van der Waals surface area contributed by atoms with Crippen LogP contribution in [0.1, 0.15) is 5.56 Å². The van der Waals surface area contributed by atoms with E-state index in [0.717, 1.165) is 12.1 Å². The van der Waals surface area contributed by atoms with E-state index in [-0.39, 0.29) is 5.69 Å². The number of anilines is 2. The van der Waals surface area contributed by atoms with Gasteiger partial charge in [0.25, 0.3) is 10.0 Å². The van der Waals surface area contributed by atoms with E-state index in [1.807, 2.05) is 0 Å². The fourth-order valence-corrected chi connectivity index (χ4v) is 3.52. The minimum absolute atomic E-state index is 0.234. The number of nitrogen functional groups attached to an aromatic ring is 1. The molecule has 8 heteroatoms. The standard InChI is InChI=1S/C13H9BrFN3O2S/c14-10-6-8(17)4-5-12(10)18-21(19,20)13-3-1-2-11(15)9(13)7-16/h1-6,18H,17H2. The number of nitrogens with one attached hydrogen (secondary N) is 1. The van der Waals surface area contributed by atoms with Gasteiger partial charge in [0.15, 0.2) is 0 Å². The van der Waals surface area contributed by atoms with Gasteiger partial charge in [-0.25, -0.2) is 12.8 Å². The van der Waals surface area contributed by atoms with Crippen LogP contribution in [0.5, 0.6) is 0 Å². The van der Waals surface area contributed by atoms with Gasteiger partial charge in [-0.15, -0.1) is 0 Å². The summed E-state index contributed by atoms with van der Waals surface area (Å²) in [5.74, 6) is -0.892. The first-order valence-corrected chi connectivity index (χ1v) is 7.89. The molecule has 0 aliphatic rings. The molecular weight excluding hydrogens is 361 g/mol. The Balaban J connectivity index is 2.49. The lowest BCUT2D eigenvalue weighted by atomic mass is 10.2. The van der Waals surface area contributed by atoms with Crippen molar-refractivity contribution in [2.45, 2.75) is 4.90 Å². The van der Waals surface area contributed by atoms with Crippen LogP contribution in [0.25, 0.3) is 0 Å². The molecule has 0 atom stereocenters. The van der Waals surface area contributed by atoms with Crippen LogP contribution in [0.4, 0.5) is 15.8 Å². The van der Waals surface area contributed by atoms with E-state index in [2.05, 4.69) is 20.7 Å². The summed E-state index contributed by atoms with van der Waals surface area (Å²) in [6, 6.07) is 9.46. The first kappa shape index (κ1) is 15.3. The summed E-state index contributed by atoms with van der Waals surface area (Å²) in [5.41, 5.74) is 5.72. The second-order valence-electron chi connectivity index (χ2n) is 4.07. The number of halogens is 2. The molecule has 0 spiro atoms. The van der Waals surface area contributed by atoms with Crippen molar-refractivity contribution < 1.29 is 12.8 Å². The van der Waals surface area contributed by atoms with Gasteiger partial charge in [-0.1, -0.05) is 6.07 Å².